The maximum absolute atomic E-state index is 13.0. The third kappa shape index (κ3) is 5.28. The molecule has 1 aliphatic carbocycles. The van der Waals surface area contributed by atoms with Crippen LogP contribution in [0, 0.1) is 6.92 Å². The van der Waals surface area contributed by atoms with Crippen LogP contribution in [0.25, 0.3) is 10.9 Å². The molecule has 2 heterocycles. The van der Waals surface area contributed by atoms with E-state index in [1.807, 2.05) is 52.0 Å². The minimum atomic E-state index is -0.919. The molecule has 1 aromatic heterocycles. The summed E-state index contributed by atoms with van der Waals surface area (Å²) < 4.78 is 13.1. The highest BCUT2D eigenvalue weighted by Crippen LogP contribution is 2.38. The Labute approximate surface area is 223 Å². The number of aromatic carboxylic acids is 1. The zero-order valence-electron chi connectivity index (χ0n) is 22.9. The fourth-order valence-corrected chi connectivity index (χ4v) is 5.54. The van der Waals surface area contributed by atoms with Gasteiger partial charge in [0.05, 0.1) is 18.2 Å². The number of hydrogen-bond acceptors (Lipinski definition) is 6. The maximum atomic E-state index is 13.0. The van der Waals surface area contributed by atoms with Gasteiger partial charge in [0, 0.05) is 55.4 Å². The molecule has 1 saturated heterocycles. The predicted octanol–water partition coefficient (Wildman–Crippen LogP) is 5.46. The average Bonchev–Trinajstić information content (AvgIpc) is 3.62. The SMILES string of the molecule is COc1cc(C)c2c(ccn2C(=O)OC(C)(C)C)c1CN1CCN(C2CC2)C[C@H]1c1ccc(C(=O)O)cc1. The molecular formula is C30H37N3O5. The Hall–Kier alpha value is -3.36. The van der Waals surface area contributed by atoms with Gasteiger partial charge in [-0.1, -0.05) is 12.1 Å². The van der Waals surface area contributed by atoms with Gasteiger partial charge < -0.3 is 14.6 Å². The van der Waals surface area contributed by atoms with Crippen molar-refractivity contribution >= 4 is 23.0 Å². The van der Waals surface area contributed by atoms with E-state index in [4.69, 9.17) is 9.47 Å². The van der Waals surface area contributed by atoms with E-state index in [1.165, 1.54) is 12.8 Å². The minimum Gasteiger partial charge on any atom is -0.496 e. The minimum absolute atomic E-state index is 0.112. The Balaban J connectivity index is 1.51. The third-order valence-corrected chi connectivity index (χ3v) is 7.53. The van der Waals surface area contributed by atoms with Crippen molar-refractivity contribution in [3.05, 3.63) is 64.8 Å². The van der Waals surface area contributed by atoms with E-state index in [-0.39, 0.29) is 6.04 Å². The van der Waals surface area contributed by atoms with Gasteiger partial charge in [-0.15, -0.1) is 0 Å². The van der Waals surface area contributed by atoms with E-state index in [0.29, 0.717) is 18.2 Å². The van der Waals surface area contributed by atoms with Crippen LogP contribution in [0.2, 0.25) is 0 Å². The molecule has 1 saturated carbocycles. The number of benzene rings is 2. The lowest BCUT2D eigenvalue weighted by molar-refractivity contribution is 0.0543. The largest absolute Gasteiger partial charge is 0.496 e. The molecular weight excluding hydrogens is 482 g/mol. The van der Waals surface area contributed by atoms with E-state index in [0.717, 1.165) is 53.0 Å². The Kier molecular flexibility index (Phi) is 6.96. The van der Waals surface area contributed by atoms with E-state index >= 15 is 0 Å². The first kappa shape index (κ1) is 26.3. The van der Waals surface area contributed by atoms with Gasteiger partial charge >= 0.3 is 12.1 Å². The summed E-state index contributed by atoms with van der Waals surface area (Å²) in [5.41, 5.74) is 3.60. The molecule has 8 nitrogen and oxygen atoms in total. The van der Waals surface area contributed by atoms with E-state index < -0.39 is 17.7 Å². The van der Waals surface area contributed by atoms with Crippen molar-refractivity contribution in [2.45, 2.75) is 64.8 Å². The van der Waals surface area contributed by atoms with Crippen LogP contribution in [0.3, 0.4) is 0 Å². The van der Waals surface area contributed by atoms with Crippen LogP contribution in [0.1, 0.15) is 66.7 Å². The molecule has 2 fully saturated rings. The molecule has 2 aliphatic rings. The van der Waals surface area contributed by atoms with Crippen molar-refractivity contribution in [3.63, 3.8) is 0 Å². The Bertz CT molecular complexity index is 1350. The summed E-state index contributed by atoms with van der Waals surface area (Å²) >= 11 is 0. The second kappa shape index (κ2) is 10.1. The smallest absolute Gasteiger partial charge is 0.419 e. The Morgan fingerprint density at radius 1 is 1.08 bits per heavy atom. The molecule has 1 N–H and O–H groups in total. The molecule has 3 aromatic rings. The number of piperazine rings is 1. The number of nitrogens with zero attached hydrogens (tertiary/aromatic N) is 3. The highest BCUT2D eigenvalue weighted by Gasteiger charge is 2.37. The first-order chi connectivity index (χ1) is 18.1. The van der Waals surface area contributed by atoms with Crippen LogP contribution in [0.4, 0.5) is 4.79 Å². The summed E-state index contributed by atoms with van der Waals surface area (Å²) in [7, 11) is 1.68. The topological polar surface area (TPSA) is 84.2 Å². The number of ether oxygens (including phenoxy) is 2. The molecule has 1 aliphatic heterocycles. The zero-order chi connectivity index (χ0) is 27.2. The maximum Gasteiger partial charge on any atom is 0.419 e. The lowest BCUT2D eigenvalue weighted by atomic mass is 9.98. The van der Waals surface area contributed by atoms with Gasteiger partial charge in [-0.3, -0.25) is 14.4 Å². The van der Waals surface area contributed by atoms with Gasteiger partial charge in [-0.25, -0.2) is 9.59 Å². The van der Waals surface area contributed by atoms with Crippen molar-refractivity contribution in [1.82, 2.24) is 14.4 Å². The number of hydrogen-bond donors (Lipinski definition) is 1. The third-order valence-electron chi connectivity index (χ3n) is 7.53. The second-order valence-electron chi connectivity index (χ2n) is 11.4. The number of carbonyl (C=O) groups excluding carboxylic acids is 1. The first-order valence-corrected chi connectivity index (χ1v) is 13.3. The molecule has 5 rings (SSSR count). The van der Waals surface area contributed by atoms with Crippen LogP contribution < -0.4 is 4.74 Å². The molecule has 0 amide bonds. The predicted molar refractivity (Wildman–Crippen MR) is 146 cm³/mol. The highest BCUT2D eigenvalue weighted by molar-refractivity contribution is 5.95. The standard InChI is InChI=1S/C30H37N3O5/c1-19-16-26(37-5)24(23-12-13-33(27(19)23)29(36)38-30(2,3)4)17-32-15-14-31(22-10-11-22)18-25(32)20-6-8-21(9-7-20)28(34)35/h6-9,12-13,16,22,25H,10-11,14-15,17-18H2,1-5H3,(H,34,35)/t25-/m0/s1. The van der Waals surface area contributed by atoms with Gasteiger partial charge in [0.25, 0.3) is 0 Å². The number of carboxylic acid groups (broad SMARTS) is 1. The van der Waals surface area contributed by atoms with Crippen molar-refractivity contribution < 1.29 is 24.2 Å². The van der Waals surface area contributed by atoms with Gasteiger partial charge in [0.15, 0.2) is 0 Å². The summed E-state index contributed by atoms with van der Waals surface area (Å²) in [6.45, 7) is 11.0. The van der Waals surface area contributed by atoms with Crippen LogP contribution in [0.5, 0.6) is 5.75 Å². The Morgan fingerprint density at radius 2 is 1.79 bits per heavy atom. The lowest BCUT2D eigenvalue weighted by Crippen LogP contribution is -2.48. The van der Waals surface area contributed by atoms with Gasteiger partial charge in [0.1, 0.15) is 11.4 Å². The van der Waals surface area contributed by atoms with Gasteiger partial charge in [-0.2, -0.15) is 0 Å². The molecule has 0 spiro atoms. The molecule has 0 radical (unpaired) electrons. The molecule has 38 heavy (non-hydrogen) atoms. The van der Waals surface area contributed by atoms with Crippen molar-refractivity contribution in [3.8, 4) is 5.75 Å². The number of carbonyl (C=O) groups is 2. The van der Waals surface area contributed by atoms with Crippen LogP contribution >= 0.6 is 0 Å². The number of rotatable bonds is 6. The summed E-state index contributed by atoms with van der Waals surface area (Å²) in [6.07, 6.45) is 3.87. The molecule has 0 bridgehead atoms. The van der Waals surface area contributed by atoms with E-state index in [2.05, 4.69) is 9.80 Å². The summed E-state index contributed by atoms with van der Waals surface area (Å²) in [6, 6.07) is 12.0. The molecule has 1 atom stereocenters. The average molecular weight is 520 g/mol. The number of aromatic nitrogens is 1. The first-order valence-electron chi connectivity index (χ1n) is 13.3. The lowest BCUT2D eigenvalue weighted by Gasteiger charge is -2.42. The summed E-state index contributed by atoms with van der Waals surface area (Å²) in [5, 5.41) is 10.3. The van der Waals surface area contributed by atoms with Crippen LogP contribution in [-0.4, -0.2) is 69.9 Å². The second-order valence-corrected chi connectivity index (χ2v) is 11.4. The van der Waals surface area contributed by atoms with E-state index in [9.17, 15) is 14.7 Å². The highest BCUT2D eigenvalue weighted by atomic mass is 16.6. The zero-order valence-corrected chi connectivity index (χ0v) is 22.9. The number of carboxylic acids is 1. The van der Waals surface area contributed by atoms with Crippen molar-refractivity contribution in [2.75, 3.05) is 26.7 Å². The van der Waals surface area contributed by atoms with E-state index in [1.54, 1.807) is 30.0 Å². The van der Waals surface area contributed by atoms with Crippen LogP contribution in [0.15, 0.2) is 42.6 Å². The van der Waals surface area contributed by atoms with Crippen molar-refractivity contribution in [2.24, 2.45) is 0 Å². The fourth-order valence-electron chi connectivity index (χ4n) is 5.54. The molecule has 2 aromatic carbocycles. The normalized spacial score (nSPS) is 19.0. The summed E-state index contributed by atoms with van der Waals surface area (Å²) in [5.74, 6) is -0.125. The number of methoxy groups -OCH3 is 1. The monoisotopic (exact) mass is 519 g/mol. The quantitative estimate of drug-likeness (QED) is 0.463. The van der Waals surface area contributed by atoms with Crippen LogP contribution in [-0.2, 0) is 11.3 Å². The fraction of sp³-hybridized carbons (Fsp3) is 0.467. The Morgan fingerprint density at radius 3 is 2.39 bits per heavy atom. The molecule has 0 unspecified atom stereocenters. The van der Waals surface area contributed by atoms with Gasteiger partial charge in [-0.05, 0) is 75.9 Å². The molecule has 8 heteroatoms. The number of fused-ring (bicyclic) bond motifs is 1. The van der Waals surface area contributed by atoms with Crippen molar-refractivity contribution in [1.29, 1.82) is 0 Å². The van der Waals surface area contributed by atoms with Gasteiger partial charge in [0.2, 0.25) is 0 Å². The summed E-state index contributed by atoms with van der Waals surface area (Å²) in [4.78, 5) is 29.5. The molecule has 202 valence electrons. The number of aryl methyl sites for hydroxylation is 1.